The van der Waals surface area contributed by atoms with Gasteiger partial charge in [-0.25, -0.2) is 4.98 Å². The molecular formula is C11H18N2O. The summed E-state index contributed by atoms with van der Waals surface area (Å²) in [5, 5.41) is 9.37. The van der Waals surface area contributed by atoms with E-state index in [1.165, 1.54) is 12.1 Å². The normalized spacial score (nSPS) is 19.3. The molecule has 0 saturated heterocycles. The minimum Gasteiger partial charge on any atom is -0.395 e. The Labute approximate surface area is 84.6 Å². The molecule has 1 aliphatic rings. The second-order valence-electron chi connectivity index (χ2n) is 4.30. The van der Waals surface area contributed by atoms with E-state index in [0.717, 1.165) is 31.5 Å². The van der Waals surface area contributed by atoms with E-state index >= 15 is 0 Å². The average Bonchev–Trinajstić information content (AvgIpc) is 2.54. The molecule has 1 aliphatic carbocycles. The van der Waals surface area contributed by atoms with Crippen LogP contribution in [0.3, 0.4) is 0 Å². The molecule has 1 aromatic rings. The van der Waals surface area contributed by atoms with E-state index < -0.39 is 0 Å². The van der Waals surface area contributed by atoms with Crippen molar-refractivity contribution in [1.82, 2.24) is 9.97 Å². The summed E-state index contributed by atoms with van der Waals surface area (Å²) in [4.78, 5) is 7.72. The summed E-state index contributed by atoms with van der Waals surface area (Å²) in [6.45, 7) is 2.39. The number of aromatic nitrogens is 2. The molecule has 1 fully saturated rings. The van der Waals surface area contributed by atoms with Crippen molar-refractivity contribution in [3.05, 3.63) is 17.7 Å². The van der Waals surface area contributed by atoms with E-state index in [2.05, 4.69) is 16.9 Å². The lowest BCUT2D eigenvalue weighted by Crippen LogP contribution is -2.39. The molecule has 0 aromatic carbocycles. The molecule has 3 nitrogen and oxygen atoms in total. The van der Waals surface area contributed by atoms with E-state index in [-0.39, 0.29) is 12.0 Å². The number of hydrogen-bond donors (Lipinski definition) is 2. The van der Waals surface area contributed by atoms with Gasteiger partial charge in [-0.3, -0.25) is 0 Å². The van der Waals surface area contributed by atoms with Gasteiger partial charge in [0, 0.05) is 11.9 Å². The predicted octanol–water partition coefficient (Wildman–Crippen LogP) is 1.78. The van der Waals surface area contributed by atoms with Crippen LogP contribution in [-0.2, 0) is 11.8 Å². The van der Waals surface area contributed by atoms with Crippen molar-refractivity contribution < 1.29 is 5.11 Å². The summed E-state index contributed by atoms with van der Waals surface area (Å²) in [6, 6.07) is 0. The van der Waals surface area contributed by atoms with Crippen LogP contribution in [0.4, 0.5) is 0 Å². The van der Waals surface area contributed by atoms with E-state index in [4.69, 9.17) is 0 Å². The standard InChI is InChI=1S/C11H18N2O/c1-2-4-9-7-12-10(13-9)11(8-14)5-3-6-11/h7,14H,2-6,8H2,1H3,(H,12,13). The van der Waals surface area contributed by atoms with Crippen molar-refractivity contribution in [2.45, 2.75) is 44.4 Å². The fourth-order valence-electron chi connectivity index (χ4n) is 2.10. The highest BCUT2D eigenvalue weighted by atomic mass is 16.3. The topological polar surface area (TPSA) is 48.9 Å². The van der Waals surface area contributed by atoms with E-state index in [0.29, 0.717) is 0 Å². The first kappa shape index (κ1) is 9.71. The van der Waals surface area contributed by atoms with Gasteiger partial charge in [0.1, 0.15) is 5.82 Å². The summed E-state index contributed by atoms with van der Waals surface area (Å²) in [6.07, 6.45) is 7.45. The van der Waals surface area contributed by atoms with Crippen LogP contribution in [0.5, 0.6) is 0 Å². The zero-order valence-electron chi connectivity index (χ0n) is 8.71. The quantitative estimate of drug-likeness (QED) is 0.767. The molecule has 2 rings (SSSR count). The molecule has 3 heteroatoms. The number of aliphatic hydroxyl groups excluding tert-OH is 1. The highest BCUT2D eigenvalue weighted by Crippen LogP contribution is 2.41. The summed E-state index contributed by atoms with van der Waals surface area (Å²) in [7, 11) is 0. The summed E-state index contributed by atoms with van der Waals surface area (Å²) in [5.74, 6) is 0.995. The van der Waals surface area contributed by atoms with Crippen LogP contribution in [-0.4, -0.2) is 21.7 Å². The van der Waals surface area contributed by atoms with Crippen molar-refractivity contribution >= 4 is 0 Å². The molecular weight excluding hydrogens is 176 g/mol. The maximum atomic E-state index is 9.37. The Kier molecular flexibility index (Phi) is 2.59. The van der Waals surface area contributed by atoms with Crippen LogP contribution < -0.4 is 0 Å². The number of aromatic amines is 1. The second kappa shape index (κ2) is 3.73. The lowest BCUT2D eigenvalue weighted by molar-refractivity contribution is 0.113. The Morgan fingerprint density at radius 2 is 2.36 bits per heavy atom. The molecule has 14 heavy (non-hydrogen) atoms. The lowest BCUT2D eigenvalue weighted by Gasteiger charge is -2.38. The van der Waals surface area contributed by atoms with Crippen molar-refractivity contribution in [2.24, 2.45) is 0 Å². The first-order valence-corrected chi connectivity index (χ1v) is 5.46. The molecule has 1 heterocycles. The molecule has 0 amide bonds. The maximum Gasteiger partial charge on any atom is 0.114 e. The molecule has 0 unspecified atom stereocenters. The van der Waals surface area contributed by atoms with Crippen LogP contribution in [0.2, 0.25) is 0 Å². The fraction of sp³-hybridized carbons (Fsp3) is 0.727. The van der Waals surface area contributed by atoms with Crippen LogP contribution >= 0.6 is 0 Å². The van der Waals surface area contributed by atoms with Gasteiger partial charge in [-0.2, -0.15) is 0 Å². The largest absolute Gasteiger partial charge is 0.395 e. The Morgan fingerprint density at radius 1 is 1.57 bits per heavy atom. The maximum absolute atomic E-state index is 9.37. The third-order valence-electron chi connectivity index (χ3n) is 3.26. The number of nitrogens with zero attached hydrogens (tertiary/aromatic N) is 1. The van der Waals surface area contributed by atoms with Crippen molar-refractivity contribution in [3.63, 3.8) is 0 Å². The van der Waals surface area contributed by atoms with Gasteiger partial charge in [0.05, 0.1) is 12.0 Å². The van der Waals surface area contributed by atoms with Gasteiger partial charge in [-0.1, -0.05) is 19.8 Å². The zero-order chi connectivity index (χ0) is 10.0. The van der Waals surface area contributed by atoms with E-state index in [1.54, 1.807) is 0 Å². The number of rotatable bonds is 4. The number of H-pyrrole nitrogens is 1. The minimum absolute atomic E-state index is 0.0357. The van der Waals surface area contributed by atoms with Gasteiger partial charge in [-0.15, -0.1) is 0 Å². The zero-order valence-corrected chi connectivity index (χ0v) is 8.71. The molecule has 0 radical (unpaired) electrons. The summed E-state index contributed by atoms with van der Waals surface area (Å²) < 4.78 is 0. The number of imidazole rings is 1. The Morgan fingerprint density at radius 3 is 2.86 bits per heavy atom. The van der Waals surface area contributed by atoms with Crippen LogP contribution in [0.1, 0.15) is 44.1 Å². The first-order valence-electron chi connectivity index (χ1n) is 5.46. The first-order chi connectivity index (χ1) is 6.80. The second-order valence-corrected chi connectivity index (χ2v) is 4.30. The van der Waals surface area contributed by atoms with Crippen molar-refractivity contribution in [2.75, 3.05) is 6.61 Å². The Bertz CT molecular complexity index is 296. The van der Waals surface area contributed by atoms with Crippen LogP contribution in [0, 0.1) is 0 Å². The molecule has 0 spiro atoms. The van der Waals surface area contributed by atoms with Gasteiger partial charge >= 0.3 is 0 Å². The molecule has 0 bridgehead atoms. The number of nitrogens with one attached hydrogen (secondary N) is 1. The number of aryl methyl sites for hydroxylation is 1. The Balaban J connectivity index is 2.15. The molecule has 0 aliphatic heterocycles. The smallest absolute Gasteiger partial charge is 0.114 e. The fourth-order valence-corrected chi connectivity index (χ4v) is 2.10. The van der Waals surface area contributed by atoms with E-state index in [9.17, 15) is 5.11 Å². The SMILES string of the molecule is CCCc1cnc(C2(CO)CCC2)[nH]1. The van der Waals surface area contributed by atoms with Crippen molar-refractivity contribution in [1.29, 1.82) is 0 Å². The van der Waals surface area contributed by atoms with Gasteiger partial charge < -0.3 is 10.1 Å². The monoisotopic (exact) mass is 194 g/mol. The van der Waals surface area contributed by atoms with E-state index in [1.807, 2.05) is 6.20 Å². The van der Waals surface area contributed by atoms with Crippen LogP contribution in [0.25, 0.3) is 0 Å². The molecule has 1 aromatic heterocycles. The summed E-state index contributed by atoms with van der Waals surface area (Å²) in [5.41, 5.74) is 1.16. The third kappa shape index (κ3) is 1.46. The summed E-state index contributed by atoms with van der Waals surface area (Å²) >= 11 is 0. The van der Waals surface area contributed by atoms with Gasteiger partial charge in [0.15, 0.2) is 0 Å². The average molecular weight is 194 g/mol. The number of aliphatic hydroxyl groups is 1. The lowest BCUT2D eigenvalue weighted by atomic mass is 9.69. The Hall–Kier alpha value is -0.830. The van der Waals surface area contributed by atoms with Gasteiger partial charge in [0.2, 0.25) is 0 Å². The van der Waals surface area contributed by atoms with Crippen molar-refractivity contribution in [3.8, 4) is 0 Å². The van der Waals surface area contributed by atoms with Crippen LogP contribution in [0.15, 0.2) is 6.20 Å². The van der Waals surface area contributed by atoms with Gasteiger partial charge in [0.25, 0.3) is 0 Å². The molecule has 2 N–H and O–H groups in total. The molecule has 78 valence electrons. The van der Waals surface area contributed by atoms with Gasteiger partial charge in [-0.05, 0) is 19.3 Å². The highest BCUT2D eigenvalue weighted by molar-refractivity contribution is 5.16. The third-order valence-corrected chi connectivity index (χ3v) is 3.26. The minimum atomic E-state index is -0.0357. The molecule has 1 saturated carbocycles. The predicted molar refractivity (Wildman–Crippen MR) is 55.2 cm³/mol. The number of hydrogen-bond acceptors (Lipinski definition) is 2. The molecule has 0 atom stereocenters. The highest BCUT2D eigenvalue weighted by Gasteiger charge is 2.40.